The molecule has 1 aromatic heterocycles. The van der Waals surface area contributed by atoms with E-state index in [-0.39, 0.29) is 6.10 Å². The molecule has 1 aromatic rings. The first-order valence-corrected chi connectivity index (χ1v) is 6.03. The van der Waals surface area contributed by atoms with Crippen LogP contribution in [0.1, 0.15) is 25.6 Å². The van der Waals surface area contributed by atoms with Crippen molar-refractivity contribution in [2.24, 2.45) is 0 Å². The highest BCUT2D eigenvalue weighted by atomic mass is 35.5. The molecule has 1 aliphatic heterocycles. The summed E-state index contributed by atoms with van der Waals surface area (Å²) in [6.45, 7) is 3.56. The zero-order valence-corrected chi connectivity index (χ0v) is 10.1. The molecule has 2 rings (SSSR count). The van der Waals surface area contributed by atoms with Crippen molar-refractivity contribution in [2.45, 2.75) is 32.3 Å². The van der Waals surface area contributed by atoms with Crippen LogP contribution in [0.5, 0.6) is 0 Å². The fourth-order valence-electron chi connectivity index (χ4n) is 1.93. The zero-order chi connectivity index (χ0) is 11.5. The fourth-order valence-corrected chi connectivity index (χ4v) is 2.13. The number of aliphatic hydroxyl groups is 1. The Morgan fingerprint density at radius 3 is 3.06 bits per heavy atom. The van der Waals surface area contributed by atoms with Gasteiger partial charge in [-0.05, 0) is 12.8 Å². The summed E-state index contributed by atoms with van der Waals surface area (Å²) in [6, 6.07) is 1.76. The lowest BCUT2D eigenvalue weighted by Crippen LogP contribution is -2.38. The molecule has 0 saturated carbocycles. The molecule has 0 amide bonds. The molecule has 0 aromatic carbocycles. The van der Waals surface area contributed by atoms with Crippen LogP contribution in [0.4, 0.5) is 5.82 Å². The van der Waals surface area contributed by atoms with Gasteiger partial charge in [0.25, 0.3) is 0 Å². The molecule has 1 N–H and O–H groups in total. The Labute approximate surface area is 100 Å². The van der Waals surface area contributed by atoms with Crippen molar-refractivity contribution in [1.29, 1.82) is 0 Å². The number of aromatic nitrogens is 2. The van der Waals surface area contributed by atoms with Gasteiger partial charge in [-0.1, -0.05) is 18.5 Å². The highest BCUT2D eigenvalue weighted by molar-refractivity contribution is 6.29. The number of nitrogens with zero attached hydrogens (tertiary/aromatic N) is 3. The third kappa shape index (κ3) is 2.62. The fraction of sp³-hybridized carbons (Fsp3) is 0.636. The number of hydrogen-bond acceptors (Lipinski definition) is 4. The molecular weight excluding hydrogens is 226 g/mol. The van der Waals surface area contributed by atoms with Crippen LogP contribution in [0.2, 0.25) is 5.15 Å². The second-order valence-corrected chi connectivity index (χ2v) is 4.45. The third-order valence-electron chi connectivity index (χ3n) is 2.76. The normalized spacial score (nSPS) is 21.2. The second-order valence-electron chi connectivity index (χ2n) is 4.06. The van der Waals surface area contributed by atoms with Gasteiger partial charge in [-0.25, -0.2) is 9.97 Å². The van der Waals surface area contributed by atoms with E-state index in [1.807, 2.05) is 6.92 Å². The number of piperidine rings is 1. The Kier molecular flexibility index (Phi) is 3.61. The lowest BCUT2D eigenvalue weighted by Gasteiger charge is -2.31. The van der Waals surface area contributed by atoms with E-state index in [4.69, 9.17) is 11.6 Å². The van der Waals surface area contributed by atoms with Gasteiger partial charge in [-0.2, -0.15) is 0 Å². The number of halogens is 1. The lowest BCUT2D eigenvalue weighted by molar-refractivity contribution is 0.154. The molecule has 0 radical (unpaired) electrons. The Hall–Kier alpha value is -0.870. The summed E-state index contributed by atoms with van der Waals surface area (Å²) in [7, 11) is 0. The van der Waals surface area contributed by atoms with Crippen LogP contribution in [0.15, 0.2) is 6.07 Å². The molecule has 0 spiro atoms. The van der Waals surface area contributed by atoms with Gasteiger partial charge in [0.05, 0.1) is 6.10 Å². The Balaban J connectivity index is 2.21. The third-order valence-corrected chi connectivity index (χ3v) is 2.96. The van der Waals surface area contributed by atoms with Crippen molar-refractivity contribution in [1.82, 2.24) is 9.97 Å². The monoisotopic (exact) mass is 241 g/mol. The van der Waals surface area contributed by atoms with E-state index in [0.717, 1.165) is 37.4 Å². The van der Waals surface area contributed by atoms with E-state index >= 15 is 0 Å². The van der Waals surface area contributed by atoms with Crippen LogP contribution >= 0.6 is 11.6 Å². The van der Waals surface area contributed by atoms with E-state index in [1.165, 1.54) is 0 Å². The van der Waals surface area contributed by atoms with Crippen LogP contribution in [0, 0.1) is 0 Å². The number of β-amino-alcohol motifs (C(OH)–C–C–N with tert-alkyl or cyclic N) is 1. The smallest absolute Gasteiger partial charge is 0.134 e. The number of rotatable bonds is 2. The van der Waals surface area contributed by atoms with Gasteiger partial charge >= 0.3 is 0 Å². The molecule has 1 saturated heterocycles. The highest BCUT2D eigenvalue weighted by Gasteiger charge is 2.19. The zero-order valence-electron chi connectivity index (χ0n) is 9.36. The summed E-state index contributed by atoms with van der Waals surface area (Å²) in [4.78, 5) is 10.6. The van der Waals surface area contributed by atoms with E-state index in [2.05, 4.69) is 14.9 Å². The van der Waals surface area contributed by atoms with Crippen LogP contribution < -0.4 is 4.90 Å². The number of aryl methyl sites for hydroxylation is 1. The van der Waals surface area contributed by atoms with E-state index in [1.54, 1.807) is 6.07 Å². The second kappa shape index (κ2) is 4.97. The minimum Gasteiger partial charge on any atom is -0.391 e. The molecular formula is C11H16ClN3O. The van der Waals surface area contributed by atoms with Crippen LogP contribution in [-0.4, -0.2) is 34.3 Å². The van der Waals surface area contributed by atoms with E-state index < -0.39 is 0 Å². The van der Waals surface area contributed by atoms with Gasteiger partial charge in [0.1, 0.15) is 16.8 Å². The van der Waals surface area contributed by atoms with Gasteiger partial charge in [0.2, 0.25) is 0 Å². The SMILES string of the molecule is CCc1nc(Cl)cc(N2CCCC(O)C2)n1. The Bertz CT molecular complexity index is 372. The van der Waals surface area contributed by atoms with Crippen molar-refractivity contribution < 1.29 is 5.11 Å². The van der Waals surface area contributed by atoms with Crippen molar-refractivity contribution in [2.75, 3.05) is 18.0 Å². The van der Waals surface area contributed by atoms with Crippen LogP contribution in [0.25, 0.3) is 0 Å². The summed E-state index contributed by atoms with van der Waals surface area (Å²) in [5, 5.41) is 10.1. The van der Waals surface area contributed by atoms with E-state index in [0.29, 0.717) is 11.7 Å². The predicted octanol–water partition coefficient (Wildman–Crippen LogP) is 1.65. The van der Waals surface area contributed by atoms with Crippen molar-refractivity contribution in [3.63, 3.8) is 0 Å². The molecule has 1 fully saturated rings. The molecule has 1 atom stereocenters. The molecule has 0 aliphatic carbocycles. The average molecular weight is 242 g/mol. The van der Waals surface area contributed by atoms with Crippen molar-refractivity contribution in [3.05, 3.63) is 17.0 Å². The largest absolute Gasteiger partial charge is 0.391 e. The maximum absolute atomic E-state index is 9.62. The van der Waals surface area contributed by atoms with Crippen LogP contribution in [0.3, 0.4) is 0 Å². The minimum absolute atomic E-state index is 0.257. The van der Waals surface area contributed by atoms with Crippen LogP contribution in [-0.2, 0) is 6.42 Å². The summed E-state index contributed by atoms with van der Waals surface area (Å²) in [6.07, 6.45) is 2.37. The molecule has 1 unspecified atom stereocenters. The minimum atomic E-state index is -0.257. The first kappa shape index (κ1) is 11.6. The number of hydrogen-bond donors (Lipinski definition) is 1. The molecule has 16 heavy (non-hydrogen) atoms. The molecule has 5 heteroatoms. The standard InChI is InChI=1S/C11H16ClN3O/c1-2-10-13-9(12)6-11(14-10)15-5-3-4-8(16)7-15/h6,8,16H,2-5,7H2,1H3. The molecule has 88 valence electrons. The lowest BCUT2D eigenvalue weighted by atomic mass is 10.1. The first-order chi connectivity index (χ1) is 7.69. The van der Waals surface area contributed by atoms with Gasteiger partial charge < -0.3 is 10.0 Å². The topological polar surface area (TPSA) is 49.2 Å². The average Bonchev–Trinajstić information content (AvgIpc) is 2.28. The van der Waals surface area contributed by atoms with Crippen molar-refractivity contribution in [3.8, 4) is 0 Å². The maximum atomic E-state index is 9.62. The predicted molar refractivity (Wildman–Crippen MR) is 63.9 cm³/mol. The number of aliphatic hydroxyl groups excluding tert-OH is 1. The Morgan fingerprint density at radius 1 is 1.56 bits per heavy atom. The summed E-state index contributed by atoms with van der Waals surface area (Å²) in [5.41, 5.74) is 0. The maximum Gasteiger partial charge on any atom is 0.134 e. The number of anilines is 1. The molecule has 0 bridgehead atoms. The van der Waals surface area contributed by atoms with Gasteiger partial charge in [-0.15, -0.1) is 0 Å². The van der Waals surface area contributed by atoms with Crippen molar-refractivity contribution >= 4 is 17.4 Å². The molecule has 1 aliphatic rings. The van der Waals surface area contributed by atoms with E-state index in [9.17, 15) is 5.11 Å². The van der Waals surface area contributed by atoms with Gasteiger partial charge in [0.15, 0.2) is 0 Å². The first-order valence-electron chi connectivity index (χ1n) is 5.65. The highest BCUT2D eigenvalue weighted by Crippen LogP contribution is 2.20. The Morgan fingerprint density at radius 2 is 2.38 bits per heavy atom. The molecule has 2 heterocycles. The van der Waals surface area contributed by atoms with Gasteiger partial charge in [-0.3, -0.25) is 0 Å². The summed E-state index contributed by atoms with van der Waals surface area (Å²) < 4.78 is 0. The quantitative estimate of drug-likeness (QED) is 0.800. The summed E-state index contributed by atoms with van der Waals surface area (Å²) in [5.74, 6) is 1.58. The summed E-state index contributed by atoms with van der Waals surface area (Å²) >= 11 is 5.94. The molecule has 4 nitrogen and oxygen atoms in total. The van der Waals surface area contributed by atoms with Gasteiger partial charge in [0, 0.05) is 25.6 Å².